The molecule has 1 aliphatic heterocycles. The van der Waals surface area contributed by atoms with Crippen LogP contribution in [0.1, 0.15) is 18.4 Å². The number of ether oxygens (including phenoxy) is 2. The standard InChI is InChI=1S/C19H20F3N3O2/c1-26-17-10-14(6-9-23-17)11-25-13-24(12-18(25)7-8-18)15-2-4-16(5-3-15)27-19(20,21)22/h2-6,9-10H,7-8,11-13H2,1H3. The zero-order chi connectivity index (χ0) is 19.1. The van der Waals surface area contributed by atoms with Crippen molar-refractivity contribution in [1.82, 2.24) is 9.88 Å². The van der Waals surface area contributed by atoms with Gasteiger partial charge in [-0.25, -0.2) is 4.98 Å². The van der Waals surface area contributed by atoms with Gasteiger partial charge in [-0.1, -0.05) is 0 Å². The van der Waals surface area contributed by atoms with Crippen LogP contribution in [0.5, 0.6) is 11.6 Å². The quantitative estimate of drug-likeness (QED) is 0.790. The van der Waals surface area contributed by atoms with Crippen molar-refractivity contribution in [2.24, 2.45) is 0 Å². The molecule has 0 radical (unpaired) electrons. The summed E-state index contributed by atoms with van der Waals surface area (Å²) in [4.78, 5) is 8.75. The molecule has 1 saturated carbocycles. The average molecular weight is 379 g/mol. The van der Waals surface area contributed by atoms with Gasteiger partial charge in [-0.05, 0) is 48.7 Å². The highest BCUT2D eigenvalue weighted by Crippen LogP contribution is 2.48. The smallest absolute Gasteiger partial charge is 0.481 e. The molecule has 4 rings (SSSR count). The fourth-order valence-corrected chi connectivity index (χ4v) is 3.61. The minimum absolute atomic E-state index is 0.150. The molecule has 0 atom stereocenters. The van der Waals surface area contributed by atoms with Gasteiger partial charge in [0.2, 0.25) is 5.88 Å². The number of anilines is 1. The van der Waals surface area contributed by atoms with Crippen molar-refractivity contribution in [3.8, 4) is 11.6 Å². The SMILES string of the molecule is COc1cc(CN2CN(c3ccc(OC(F)(F)F)cc3)CC23CC3)ccn1. The Morgan fingerprint density at radius 2 is 1.89 bits per heavy atom. The van der Waals surface area contributed by atoms with E-state index in [1.165, 1.54) is 12.1 Å². The Kier molecular flexibility index (Phi) is 4.38. The number of alkyl halides is 3. The van der Waals surface area contributed by atoms with E-state index in [2.05, 4.69) is 19.5 Å². The second kappa shape index (κ2) is 6.60. The number of nitrogens with zero attached hydrogens (tertiary/aromatic N) is 3. The molecule has 5 nitrogen and oxygen atoms in total. The van der Waals surface area contributed by atoms with E-state index in [0.717, 1.165) is 43.9 Å². The van der Waals surface area contributed by atoms with Gasteiger partial charge in [0.05, 0.1) is 13.8 Å². The van der Waals surface area contributed by atoms with Gasteiger partial charge in [-0.3, -0.25) is 4.90 Å². The molecular weight excluding hydrogens is 359 g/mol. The van der Waals surface area contributed by atoms with E-state index in [-0.39, 0.29) is 11.3 Å². The second-order valence-electron chi connectivity index (χ2n) is 7.01. The van der Waals surface area contributed by atoms with Crippen molar-refractivity contribution in [3.05, 3.63) is 48.2 Å². The maximum atomic E-state index is 12.3. The van der Waals surface area contributed by atoms with E-state index in [4.69, 9.17) is 4.74 Å². The van der Waals surface area contributed by atoms with Crippen molar-refractivity contribution in [3.63, 3.8) is 0 Å². The van der Waals surface area contributed by atoms with Crippen molar-refractivity contribution in [2.45, 2.75) is 31.3 Å². The van der Waals surface area contributed by atoms with Crippen LogP contribution in [0.15, 0.2) is 42.6 Å². The van der Waals surface area contributed by atoms with Crippen LogP contribution in [0.3, 0.4) is 0 Å². The monoisotopic (exact) mass is 379 g/mol. The Balaban J connectivity index is 1.45. The van der Waals surface area contributed by atoms with Gasteiger partial charge < -0.3 is 14.4 Å². The molecule has 2 aromatic rings. The number of rotatable bonds is 5. The second-order valence-corrected chi connectivity index (χ2v) is 7.01. The zero-order valence-electron chi connectivity index (χ0n) is 14.9. The van der Waals surface area contributed by atoms with E-state index < -0.39 is 6.36 Å². The fraction of sp³-hybridized carbons (Fsp3) is 0.421. The van der Waals surface area contributed by atoms with Crippen LogP contribution in [0, 0.1) is 0 Å². The molecule has 0 bridgehead atoms. The van der Waals surface area contributed by atoms with Crippen molar-refractivity contribution in [1.29, 1.82) is 0 Å². The number of hydrogen-bond acceptors (Lipinski definition) is 5. The molecule has 2 heterocycles. The van der Waals surface area contributed by atoms with Gasteiger partial charge >= 0.3 is 6.36 Å². The predicted molar refractivity (Wildman–Crippen MR) is 93.6 cm³/mol. The van der Waals surface area contributed by atoms with E-state index in [1.807, 2.05) is 12.1 Å². The lowest BCUT2D eigenvalue weighted by atomic mass is 10.2. The highest BCUT2D eigenvalue weighted by atomic mass is 19.4. The summed E-state index contributed by atoms with van der Waals surface area (Å²) in [6, 6.07) is 9.98. The highest BCUT2D eigenvalue weighted by molar-refractivity contribution is 5.51. The summed E-state index contributed by atoms with van der Waals surface area (Å²) in [6.45, 7) is 2.38. The first-order valence-electron chi connectivity index (χ1n) is 8.72. The molecule has 2 fully saturated rings. The number of hydrogen-bond donors (Lipinski definition) is 0. The van der Waals surface area contributed by atoms with Crippen molar-refractivity contribution >= 4 is 5.69 Å². The molecule has 8 heteroatoms. The van der Waals surface area contributed by atoms with Gasteiger partial charge in [-0.15, -0.1) is 13.2 Å². The van der Waals surface area contributed by atoms with Gasteiger partial charge in [0, 0.05) is 36.6 Å². The van der Waals surface area contributed by atoms with Crippen LogP contribution in [-0.4, -0.2) is 42.1 Å². The number of halogens is 3. The molecule has 1 aromatic heterocycles. The van der Waals surface area contributed by atoms with Gasteiger partial charge in [0.25, 0.3) is 0 Å². The first kappa shape index (κ1) is 17.9. The Morgan fingerprint density at radius 3 is 2.52 bits per heavy atom. The number of aromatic nitrogens is 1. The molecule has 144 valence electrons. The molecular formula is C19H20F3N3O2. The lowest BCUT2D eigenvalue weighted by Gasteiger charge is -2.22. The van der Waals surface area contributed by atoms with E-state index in [1.54, 1.807) is 25.4 Å². The fourth-order valence-electron chi connectivity index (χ4n) is 3.61. The molecule has 1 spiro atoms. The Hall–Kier alpha value is -2.48. The van der Waals surface area contributed by atoms with Crippen LogP contribution in [0.25, 0.3) is 0 Å². The normalized spacial score (nSPS) is 18.7. The topological polar surface area (TPSA) is 37.8 Å². The highest BCUT2D eigenvalue weighted by Gasteiger charge is 2.53. The lowest BCUT2D eigenvalue weighted by molar-refractivity contribution is -0.274. The average Bonchev–Trinajstić information content (AvgIpc) is 3.32. The maximum absolute atomic E-state index is 12.3. The first-order valence-corrected chi connectivity index (χ1v) is 8.72. The number of pyridine rings is 1. The number of benzene rings is 1. The third kappa shape index (κ3) is 3.95. The zero-order valence-corrected chi connectivity index (χ0v) is 14.9. The molecule has 1 saturated heterocycles. The molecule has 0 N–H and O–H groups in total. The van der Waals surface area contributed by atoms with Crippen LogP contribution >= 0.6 is 0 Å². The first-order chi connectivity index (χ1) is 12.9. The molecule has 27 heavy (non-hydrogen) atoms. The minimum atomic E-state index is -4.67. The van der Waals surface area contributed by atoms with Gasteiger partial charge in [0.15, 0.2) is 0 Å². The summed E-state index contributed by atoms with van der Waals surface area (Å²) in [5.41, 5.74) is 2.17. The summed E-state index contributed by atoms with van der Waals surface area (Å²) in [5.74, 6) is 0.390. The third-order valence-electron chi connectivity index (χ3n) is 5.14. The summed E-state index contributed by atoms with van der Waals surface area (Å²) < 4.78 is 46.1. The van der Waals surface area contributed by atoms with E-state index in [0.29, 0.717) is 5.88 Å². The summed E-state index contributed by atoms with van der Waals surface area (Å²) in [7, 11) is 1.60. The Morgan fingerprint density at radius 1 is 1.15 bits per heavy atom. The van der Waals surface area contributed by atoms with Crippen molar-refractivity contribution in [2.75, 3.05) is 25.2 Å². The third-order valence-corrected chi connectivity index (χ3v) is 5.14. The summed E-state index contributed by atoms with van der Waals surface area (Å²) in [6.07, 6.45) is -0.682. The molecule has 0 amide bonds. The number of methoxy groups -OCH3 is 1. The van der Waals surface area contributed by atoms with Crippen LogP contribution in [0.4, 0.5) is 18.9 Å². The van der Waals surface area contributed by atoms with Crippen LogP contribution in [-0.2, 0) is 6.54 Å². The maximum Gasteiger partial charge on any atom is 0.573 e. The van der Waals surface area contributed by atoms with E-state index in [9.17, 15) is 13.2 Å². The Labute approximate surface area is 155 Å². The summed E-state index contributed by atoms with van der Waals surface area (Å²) in [5, 5.41) is 0. The van der Waals surface area contributed by atoms with Crippen LogP contribution in [0.2, 0.25) is 0 Å². The van der Waals surface area contributed by atoms with Crippen molar-refractivity contribution < 1.29 is 22.6 Å². The molecule has 1 aliphatic carbocycles. The largest absolute Gasteiger partial charge is 0.573 e. The van der Waals surface area contributed by atoms with E-state index >= 15 is 0 Å². The van der Waals surface area contributed by atoms with Crippen LogP contribution < -0.4 is 14.4 Å². The Bertz CT molecular complexity index is 807. The summed E-state index contributed by atoms with van der Waals surface area (Å²) >= 11 is 0. The van der Waals surface area contributed by atoms with Gasteiger partial charge in [0.1, 0.15) is 5.75 Å². The predicted octanol–water partition coefficient (Wildman–Crippen LogP) is 3.80. The molecule has 2 aliphatic rings. The molecule has 0 unspecified atom stereocenters. The minimum Gasteiger partial charge on any atom is -0.481 e. The van der Waals surface area contributed by atoms with Gasteiger partial charge in [-0.2, -0.15) is 0 Å². The molecule has 1 aromatic carbocycles. The lowest BCUT2D eigenvalue weighted by Crippen LogP contribution is -2.32.